The van der Waals surface area contributed by atoms with Crippen LogP contribution in [0.25, 0.3) is 0 Å². The number of likely N-dealkylation sites (tertiary alicyclic amines) is 1. The monoisotopic (exact) mass is 224 g/mol. The second kappa shape index (κ2) is 4.55. The van der Waals surface area contributed by atoms with Gasteiger partial charge in [0.15, 0.2) is 0 Å². The van der Waals surface area contributed by atoms with Crippen molar-refractivity contribution in [1.29, 1.82) is 0 Å². The Labute approximate surface area is 96.3 Å². The van der Waals surface area contributed by atoms with Gasteiger partial charge in [-0.25, -0.2) is 4.98 Å². The van der Waals surface area contributed by atoms with Crippen molar-refractivity contribution in [2.24, 2.45) is 5.41 Å². The fourth-order valence-electron chi connectivity index (χ4n) is 2.36. The van der Waals surface area contributed by atoms with Crippen LogP contribution in [0.3, 0.4) is 0 Å². The van der Waals surface area contributed by atoms with Crippen molar-refractivity contribution in [3.63, 3.8) is 0 Å². The van der Waals surface area contributed by atoms with Gasteiger partial charge in [0.2, 0.25) is 5.89 Å². The average Bonchev–Trinajstić information content (AvgIpc) is 2.64. The van der Waals surface area contributed by atoms with Gasteiger partial charge in [-0.15, -0.1) is 0 Å². The Bertz CT molecular complexity index is 351. The van der Waals surface area contributed by atoms with E-state index in [1.165, 1.54) is 0 Å². The van der Waals surface area contributed by atoms with Crippen LogP contribution in [0.1, 0.15) is 31.4 Å². The van der Waals surface area contributed by atoms with Crippen molar-refractivity contribution in [2.75, 3.05) is 19.7 Å². The number of piperidine rings is 1. The normalized spacial score (nSPS) is 27.2. The Hall–Kier alpha value is -0.870. The number of rotatable bonds is 3. The molecule has 4 nitrogen and oxygen atoms in total. The van der Waals surface area contributed by atoms with Gasteiger partial charge in [-0.2, -0.15) is 0 Å². The number of aromatic nitrogens is 1. The molecule has 1 aliphatic heterocycles. The predicted molar refractivity (Wildman–Crippen MR) is 60.9 cm³/mol. The number of aliphatic hydroxyl groups excluding tert-OH is 1. The first-order chi connectivity index (χ1) is 7.61. The Balaban J connectivity index is 1.95. The summed E-state index contributed by atoms with van der Waals surface area (Å²) in [5, 5.41) is 9.37. The summed E-state index contributed by atoms with van der Waals surface area (Å²) in [5.41, 5.74) is 0.0416. The zero-order chi connectivity index (χ0) is 11.6. The molecular weight excluding hydrogens is 204 g/mol. The SMILES string of the molecule is Cc1cnc(CN2CCCC(C)(CO)C2)o1. The molecule has 1 aromatic heterocycles. The van der Waals surface area contributed by atoms with E-state index in [-0.39, 0.29) is 12.0 Å². The second-order valence-corrected chi connectivity index (χ2v) is 5.15. The number of aryl methyl sites for hydroxylation is 1. The van der Waals surface area contributed by atoms with Gasteiger partial charge in [0.25, 0.3) is 0 Å². The molecule has 2 rings (SSSR count). The summed E-state index contributed by atoms with van der Waals surface area (Å²) in [5.74, 6) is 1.64. The summed E-state index contributed by atoms with van der Waals surface area (Å²) in [4.78, 5) is 6.52. The maximum atomic E-state index is 9.37. The third-order valence-electron chi connectivity index (χ3n) is 3.27. The van der Waals surface area contributed by atoms with Crippen molar-refractivity contribution in [2.45, 2.75) is 33.2 Å². The molecule has 90 valence electrons. The van der Waals surface area contributed by atoms with Gasteiger partial charge in [0, 0.05) is 18.6 Å². The smallest absolute Gasteiger partial charge is 0.208 e. The third kappa shape index (κ3) is 2.62. The van der Waals surface area contributed by atoms with Gasteiger partial charge in [-0.1, -0.05) is 6.92 Å². The molecule has 0 aliphatic carbocycles. The minimum atomic E-state index is 0.0416. The van der Waals surface area contributed by atoms with Gasteiger partial charge in [-0.3, -0.25) is 4.90 Å². The van der Waals surface area contributed by atoms with Crippen molar-refractivity contribution in [3.05, 3.63) is 17.8 Å². The molecule has 0 spiro atoms. The molecule has 1 unspecified atom stereocenters. The van der Waals surface area contributed by atoms with Gasteiger partial charge in [-0.05, 0) is 26.3 Å². The quantitative estimate of drug-likeness (QED) is 0.847. The molecular formula is C12H20N2O2. The molecule has 0 radical (unpaired) electrons. The van der Waals surface area contributed by atoms with E-state index in [2.05, 4.69) is 16.8 Å². The van der Waals surface area contributed by atoms with E-state index < -0.39 is 0 Å². The number of hydrogen-bond donors (Lipinski definition) is 1. The molecule has 1 aliphatic rings. The van der Waals surface area contributed by atoms with Gasteiger partial charge < -0.3 is 9.52 Å². The summed E-state index contributed by atoms with van der Waals surface area (Å²) in [7, 11) is 0. The first-order valence-corrected chi connectivity index (χ1v) is 5.86. The summed E-state index contributed by atoms with van der Waals surface area (Å²) in [6.45, 7) is 7.05. The maximum absolute atomic E-state index is 9.37. The summed E-state index contributed by atoms with van der Waals surface area (Å²) in [6.07, 6.45) is 3.99. The topological polar surface area (TPSA) is 49.5 Å². The molecule has 2 heterocycles. The van der Waals surface area contributed by atoms with Crippen molar-refractivity contribution < 1.29 is 9.52 Å². The average molecular weight is 224 g/mol. The van der Waals surface area contributed by atoms with Crippen molar-refractivity contribution >= 4 is 0 Å². The molecule has 0 amide bonds. The van der Waals surface area contributed by atoms with E-state index in [0.717, 1.165) is 44.1 Å². The lowest BCUT2D eigenvalue weighted by molar-refractivity contribution is 0.0390. The lowest BCUT2D eigenvalue weighted by atomic mass is 9.83. The van der Waals surface area contributed by atoms with Crippen LogP contribution in [0, 0.1) is 12.3 Å². The molecule has 1 fully saturated rings. The van der Waals surface area contributed by atoms with Gasteiger partial charge in [0.05, 0.1) is 12.7 Å². The summed E-state index contributed by atoms with van der Waals surface area (Å²) < 4.78 is 5.47. The Morgan fingerprint density at radius 1 is 1.62 bits per heavy atom. The van der Waals surface area contributed by atoms with Crippen LogP contribution < -0.4 is 0 Å². The standard InChI is InChI=1S/C12H20N2O2/c1-10-6-13-11(16-10)7-14-5-3-4-12(2,8-14)9-15/h6,15H,3-5,7-9H2,1-2H3. The fourth-order valence-corrected chi connectivity index (χ4v) is 2.36. The minimum Gasteiger partial charge on any atom is -0.445 e. The molecule has 1 N–H and O–H groups in total. The van der Waals surface area contributed by atoms with E-state index in [0.29, 0.717) is 0 Å². The van der Waals surface area contributed by atoms with Crippen LogP contribution >= 0.6 is 0 Å². The van der Waals surface area contributed by atoms with Crippen LogP contribution in [0.4, 0.5) is 0 Å². The highest BCUT2D eigenvalue weighted by molar-refractivity contribution is 4.92. The lowest BCUT2D eigenvalue weighted by Gasteiger charge is -2.38. The van der Waals surface area contributed by atoms with Crippen LogP contribution in [0.5, 0.6) is 0 Å². The highest BCUT2D eigenvalue weighted by Gasteiger charge is 2.30. The van der Waals surface area contributed by atoms with Crippen LogP contribution in [-0.2, 0) is 6.54 Å². The summed E-state index contributed by atoms with van der Waals surface area (Å²) in [6, 6.07) is 0. The summed E-state index contributed by atoms with van der Waals surface area (Å²) >= 11 is 0. The van der Waals surface area contributed by atoms with Gasteiger partial charge in [0.1, 0.15) is 5.76 Å². The Kier molecular flexibility index (Phi) is 3.30. The fraction of sp³-hybridized carbons (Fsp3) is 0.750. The minimum absolute atomic E-state index is 0.0416. The molecule has 1 aromatic rings. The lowest BCUT2D eigenvalue weighted by Crippen LogP contribution is -2.43. The number of hydrogen-bond acceptors (Lipinski definition) is 4. The second-order valence-electron chi connectivity index (χ2n) is 5.15. The molecule has 16 heavy (non-hydrogen) atoms. The largest absolute Gasteiger partial charge is 0.445 e. The first-order valence-electron chi connectivity index (χ1n) is 5.86. The Morgan fingerprint density at radius 3 is 3.06 bits per heavy atom. The highest BCUT2D eigenvalue weighted by atomic mass is 16.4. The van der Waals surface area contributed by atoms with Crippen molar-refractivity contribution in [1.82, 2.24) is 9.88 Å². The first kappa shape index (κ1) is 11.6. The van der Waals surface area contributed by atoms with Crippen molar-refractivity contribution in [3.8, 4) is 0 Å². The molecule has 1 atom stereocenters. The molecule has 1 saturated heterocycles. The van der Waals surface area contributed by atoms with Crippen LogP contribution in [-0.4, -0.2) is 34.7 Å². The number of nitrogens with zero attached hydrogens (tertiary/aromatic N) is 2. The predicted octanol–water partition coefficient (Wildman–Crippen LogP) is 1.58. The van der Waals surface area contributed by atoms with E-state index >= 15 is 0 Å². The Morgan fingerprint density at radius 2 is 2.44 bits per heavy atom. The third-order valence-corrected chi connectivity index (χ3v) is 3.27. The molecule has 4 heteroatoms. The van der Waals surface area contributed by atoms with Gasteiger partial charge >= 0.3 is 0 Å². The number of aliphatic hydroxyl groups is 1. The van der Waals surface area contributed by atoms with Crippen LogP contribution in [0.15, 0.2) is 10.6 Å². The number of oxazole rings is 1. The molecule has 0 bridgehead atoms. The zero-order valence-corrected chi connectivity index (χ0v) is 10.1. The highest BCUT2D eigenvalue weighted by Crippen LogP contribution is 2.29. The van der Waals surface area contributed by atoms with E-state index in [1.54, 1.807) is 6.20 Å². The molecule has 0 aromatic carbocycles. The van der Waals surface area contributed by atoms with E-state index in [9.17, 15) is 5.11 Å². The zero-order valence-electron chi connectivity index (χ0n) is 10.1. The molecule has 0 saturated carbocycles. The van der Waals surface area contributed by atoms with Crippen LogP contribution in [0.2, 0.25) is 0 Å². The maximum Gasteiger partial charge on any atom is 0.208 e. The van der Waals surface area contributed by atoms with E-state index in [1.807, 2.05) is 6.92 Å². The van der Waals surface area contributed by atoms with E-state index in [4.69, 9.17) is 4.42 Å².